The molecule has 0 unspecified atom stereocenters. The predicted octanol–water partition coefficient (Wildman–Crippen LogP) is 6.22. The number of aryl methyl sites for hydroxylation is 1. The van der Waals surface area contributed by atoms with Crippen molar-refractivity contribution in [3.63, 3.8) is 0 Å². The van der Waals surface area contributed by atoms with Gasteiger partial charge in [-0.25, -0.2) is 0 Å². The zero-order chi connectivity index (χ0) is 17.8. The molecule has 5 rings (SSSR count). The number of benzene rings is 4. The van der Waals surface area contributed by atoms with E-state index in [9.17, 15) is 0 Å². The van der Waals surface area contributed by atoms with Crippen molar-refractivity contribution in [1.29, 1.82) is 0 Å². The molecule has 128 valence electrons. The summed E-state index contributed by atoms with van der Waals surface area (Å²) >= 11 is 0. The Balaban J connectivity index is 1.90. The standard InChI is InChI=1S/C23H18O3/c1-13-4-7-20-19(8-13)17-6-5-14-9-15-11-21(24-2)22(25-3)12-16(15)10-18(14)23(17)26-20/h4-12H,1-3H3. The Labute approximate surface area is 150 Å². The van der Waals surface area contributed by atoms with E-state index in [2.05, 4.69) is 43.3 Å². The number of fused-ring (bicyclic) bond motifs is 6. The van der Waals surface area contributed by atoms with Crippen molar-refractivity contribution in [2.45, 2.75) is 6.92 Å². The molecule has 3 nitrogen and oxygen atoms in total. The first-order valence-corrected chi connectivity index (χ1v) is 8.59. The minimum Gasteiger partial charge on any atom is -0.493 e. The summed E-state index contributed by atoms with van der Waals surface area (Å²) in [5, 5.41) is 6.77. The molecule has 0 aliphatic carbocycles. The van der Waals surface area contributed by atoms with Gasteiger partial charge in [-0.15, -0.1) is 0 Å². The summed E-state index contributed by atoms with van der Waals surface area (Å²) in [5.41, 5.74) is 3.08. The summed E-state index contributed by atoms with van der Waals surface area (Å²) in [7, 11) is 3.31. The fraction of sp³-hybridized carbons (Fsp3) is 0.130. The second-order valence-corrected chi connectivity index (χ2v) is 6.67. The van der Waals surface area contributed by atoms with Crippen molar-refractivity contribution in [3.8, 4) is 11.5 Å². The predicted molar refractivity (Wildman–Crippen MR) is 107 cm³/mol. The summed E-state index contributed by atoms with van der Waals surface area (Å²) in [6.45, 7) is 2.10. The van der Waals surface area contributed by atoms with Crippen LogP contribution < -0.4 is 9.47 Å². The maximum Gasteiger partial charge on any atom is 0.161 e. The van der Waals surface area contributed by atoms with E-state index in [0.29, 0.717) is 0 Å². The van der Waals surface area contributed by atoms with Gasteiger partial charge in [-0.1, -0.05) is 17.7 Å². The average Bonchev–Trinajstić information content (AvgIpc) is 3.03. The normalized spacial score (nSPS) is 11.7. The molecule has 0 bridgehead atoms. The zero-order valence-corrected chi connectivity index (χ0v) is 14.9. The van der Waals surface area contributed by atoms with E-state index >= 15 is 0 Å². The first-order chi connectivity index (χ1) is 12.7. The number of furan rings is 1. The fourth-order valence-electron chi connectivity index (χ4n) is 3.75. The Morgan fingerprint density at radius 1 is 0.654 bits per heavy atom. The molecule has 0 fully saturated rings. The van der Waals surface area contributed by atoms with E-state index in [1.807, 2.05) is 18.2 Å². The lowest BCUT2D eigenvalue weighted by atomic mass is 10.0. The van der Waals surface area contributed by atoms with Gasteiger partial charge in [0.15, 0.2) is 11.5 Å². The molecule has 1 heterocycles. The number of hydrogen-bond acceptors (Lipinski definition) is 3. The number of ether oxygens (including phenoxy) is 2. The zero-order valence-electron chi connectivity index (χ0n) is 14.9. The van der Waals surface area contributed by atoms with Gasteiger partial charge in [-0.05, 0) is 65.5 Å². The van der Waals surface area contributed by atoms with Crippen LogP contribution in [0.15, 0.2) is 59.0 Å². The molecular formula is C23H18O3. The third-order valence-electron chi connectivity index (χ3n) is 5.07. The summed E-state index contributed by atoms with van der Waals surface area (Å²) < 4.78 is 17.1. The highest BCUT2D eigenvalue weighted by Gasteiger charge is 2.13. The molecule has 0 saturated heterocycles. The molecule has 1 aromatic heterocycles. The Morgan fingerprint density at radius 2 is 1.38 bits per heavy atom. The molecule has 4 aromatic carbocycles. The molecule has 0 saturated carbocycles. The van der Waals surface area contributed by atoms with Crippen LogP contribution in [0.5, 0.6) is 11.5 Å². The minimum atomic E-state index is 0.728. The first-order valence-electron chi connectivity index (χ1n) is 8.59. The third kappa shape index (κ3) is 2.07. The number of rotatable bonds is 2. The van der Waals surface area contributed by atoms with Crippen LogP contribution >= 0.6 is 0 Å². The van der Waals surface area contributed by atoms with E-state index < -0.39 is 0 Å². The second kappa shape index (κ2) is 5.40. The van der Waals surface area contributed by atoms with Crippen LogP contribution in [0, 0.1) is 6.92 Å². The Bertz CT molecular complexity index is 1310. The molecule has 5 aromatic rings. The highest BCUT2D eigenvalue weighted by Crippen LogP contribution is 2.38. The Kier molecular flexibility index (Phi) is 3.13. The summed E-state index contributed by atoms with van der Waals surface area (Å²) in [4.78, 5) is 0. The summed E-state index contributed by atoms with van der Waals surface area (Å²) in [6.07, 6.45) is 0. The van der Waals surface area contributed by atoms with Crippen molar-refractivity contribution < 1.29 is 13.9 Å². The van der Waals surface area contributed by atoms with Crippen LogP contribution in [0.1, 0.15) is 5.56 Å². The fourth-order valence-corrected chi connectivity index (χ4v) is 3.75. The van der Waals surface area contributed by atoms with Crippen LogP contribution in [0.4, 0.5) is 0 Å². The first kappa shape index (κ1) is 15.1. The molecule has 0 amide bonds. The molecule has 0 atom stereocenters. The van der Waals surface area contributed by atoms with Gasteiger partial charge in [-0.2, -0.15) is 0 Å². The lowest BCUT2D eigenvalue weighted by molar-refractivity contribution is 0.356. The summed E-state index contributed by atoms with van der Waals surface area (Å²) in [5.74, 6) is 1.46. The van der Waals surface area contributed by atoms with Crippen LogP contribution in [0.25, 0.3) is 43.5 Å². The lowest BCUT2D eigenvalue weighted by Gasteiger charge is -2.10. The van der Waals surface area contributed by atoms with Crippen molar-refractivity contribution in [2.24, 2.45) is 0 Å². The average molecular weight is 342 g/mol. The number of hydrogen-bond donors (Lipinski definition) is 0. The molecule has 0 aliphatic rings. The van der Waals surface area contributed by atoms with Crippen molar-refractivity contribution in [2.75, 3.05) is 14.2 Å². The largest absolute Gasteiger partial charge is 0.493 e. The Morgan fingerprint density at radius 3 is 2.12 bits per heavy atom. The highest BCUT2D eigenvalue weighted by atomic mass is 16.5. The van der Waals surface area contributed by atoms with Crippen molar-refractivity contribution in [1.82, 2.24) is 0 Å². The molecule has 0 radical (unpaired) electrons. The van der Waals surface area contributed by atoms with Gasteiger partial charge < -0.3 is 13.9 Å². The van der Waals surface area contributed by atoms with Gasteiger partial charge in [-0.3, -0.25) is 0 Å². The SMILES string of the molecule is COc1cc2cc3ccc4c5cc(C)ccc5oc4c3cc2cc1OC. The van der Waals surface area contributed by atoms with E-state index in [-0.39, 0.29) is 0 Å². The van der Waals surface area contributed by atoms with Gasteiger partial charge in [0.05, 0.1) is 14.2 Å². The molecule has 0 N–H and O–H groups in total. The molecule has 0 spiro atoms. The lowest BCUT2D eigenvalue weighted by Crippen LogP contribution is -1.90. The Hall–Kier alpha value is -3.20. The smallest absolute Gasteiger partial charge is 0.161 e. The number of methoxy groups -OCH3 is 2. The monoisotopic (exact) mass is 342 g/mol. The van der Waals surface area contributed by atoms with E-state index in [1.165, 1.54) is 5.56 Å². The summed E-state index contributed by atoms with van der Waals surface area (Å²) in [6, 6.07) is 19.0. The van der Waals surface area contributed by atoms with Gasteiger partial charge in [0, 0.05) is 16.2 Å². The van der Waals surface area contributed by atoms with E-state index in [0.717, 1.165) is 55.0 Å². The topological polar surface area (TPSA) is 31.6 Å². The van der Waals surface area contributed by atoms with E-state index in [4.69, 9.17) is 13.9 Å². The quantitative estimate of drug-likeness (QED) is 0.357. The van der Waals surface area contributed by atoms with Crippen LogP contribution in [0.2, 0.25) is 0 Å². The third-order valence-corrected chi connectivity index (χ3v) is 5.07. The molecule has 0 aliphatic heterocycles. The van der Waals surface area contributed by atoms with Gasteiger partial charge in [0.2, 0.25) is 0 Å². The van der Waals surface area contributed by atoms with Crippen LogP contribution in [-0.2, 0) is 0 Å². The van der Waals surface area contributed by atoms with Gasteiger partial charge >= 0.3 is 0 Å². The molecule has 3 heteroatoms. The van der Waals surface area contributed by atoms with Crippen LogP contribution in [-0.4, -0.2) is 14.2 Å². The second-order valence-electron chi connectivity index (χ2n) is 6.67. The minimum absolute atomic E-state index is 0.728. The molecular weight excluding hydrogens is 324 g/mol. The van der Waals surface area contributed by atoms with E-state index in [1.54, 1.807) is 14.2 Å². The highest BCUT2D eigenvalue weighted by molar-refractivity contribution is 6.17. The van der Waals surface area contributed by atoms with Crippen molar-refractivity contribution in [3.05, 3.63) is 60.2 Å². The van der Waals surface area contributed by atoms with Crippen molar-refractivity contribution >= 4 is 43.5 Å². The van der Waals surface area contributed by atoms with Gasteiger partial charge in [0.25, 0.3) is 0 Å². The van der Waals surface area contributed by atoms with Crippen LogP contribution in [0.3, 0.4) is 0 Å². The maximum absolute atomic E-state index is 6.22. The molecule has 26 heavy (non-hydrogen) atoms. The van der Waals surface area contributed by atoms with Gasteiger partial charge in [0.1, 0.15) is 11.2 Å². The maximum atomic E-state index is 6.22.